The number of rotatable bonds is 5. The van der Waals surface area contributed by atoms with Gasteiger partial charge in [0.15, 0.2) is 0 Å². The second kappa shape index (κ2) is 6.76. The summed E-state index contributed by atoms with van der Waals surface area (Å²) in [5.41, 5.74) is 1.29. The summed E-state index contributed by atoms with van der Waals surface area (Å²) in [6.07, 6.45) is 2.49. The molecular formula is C15H24N2O. The lowest BCUT2D eigenvalue weighted by atomic mass is 10.0. The normalized spacial score (nSPS) is 17.1. The van der Waals surface area contributed by atoms with Crippen molar-refractivity contribution in [2.24, 2.45) is 0 Å². The largest absolute Gasteiger partial charge is 0.494 e. The van der Waals surface area contributed by atoms with Crippen LogP contribution in [0.4, 0.5) is 0 Å². The van der Waals surface area contributed by atoms with Crippen molar-refractivity contribution in [1.82, 2.24) is 10.2 Å². The van der Waals surface area contributed by atoms with Gasteiger partial charge in [-0.05, 0) is 46.0 Å². The minimum absolute atomic E-state index is 0.695. The highest BCUT2D eigenvalue weighted by Crippen LogP contribution is 2.21. The van der Waals surface area contributed by atoms with Crippen LogP contribution in [0, 0.1) is 0 Å². The summed E-state index contributed by atoms with van der Waals surface area (Å²) >= 11 is 0. The summed E-state index contributed by atoms with van der Waals surface area (Å²) in [5.74, 6) is 1.03. The number of benzene rings is 1. The Balaban J connectivity index is 1.99. The van der Waals surface area contributed by atoms with E-state index in [2.05, 4.69) is 35.5 Å². The molecule has 1 aliphatic rings. The third kappa shape index (κ3) is 3.47. The van der Waals surface area contributed by atoms with E-state index in [-0.39, 0.29) is 0 Å². The van der Waals surface area contributed by atoms with E-state index in [1.54, 1.807) is 0 Å². The number of ether oxygens (including phenoxy) is 1. The smallest absolute Gasteiger partial charge is 0.123 e. The molecule has 1 heterocycles. The zero-order chi connectivity index (χ0) is 12.8. The molecule has 0 aromatic heterocycles. The molecule has 1 saturated heterocycles. The van der Waals surface area contributed by atoms with E-state index in [1.807, 2.05) is 13.0 Å². The van der Waals surface area contributed by atoms with Gasteiger partial charge in [-0.15, -0.1) is 0 Å². The second-order valence-electron chi connectivity index (χ2n) is 4.94. The predicted molar refractivity (Wildman–Crippen MR) is 75.0 cm³/mol. The summed E-state index contributed by atoms with van der Waals surface area (Å²) in [4.78, 5) is 2.46. The molecule has 1 aromatic carbocycles. The van der Waals surface area contributed by atoms with Crippen LogP contribution in [0.5, 0.6) is 5.75 Å². The molecule has 1 aliphatic heterocycles. The van der Waals surface area contributed by atoms with Gasteiger partial charge in [0.25, 0.3) is 0 Å². The van der Waals surface area contributed by atoms with E-state index in [9.17, 15) is 0 Å². The molecule has 3 heteroatoms. The fraction of sp³-hybridized carbons (Fsp3) is 0.600. The van der Waals surface area contributed by atoms with Crippen molar-refractivity contribution in [3.05, 3.63) is 29.8 Å². The first-order valence-corrected chi connectivity index (χ1v) is 6.93. The molecule has 0 atom stereocenters. The molecule has 0 unspecified atom stereocenters. The molecule has 100 valence electrons. The minimum atomic E-state index is 0.695. The van der Waals surface area contributed by atoms with Crippen LogP contribution < -0.4 is 10.1 Å². The molecule has 2 rings (SSSR count). The van der Waals surface area contributed by atoms with Gasteiger partial charge in [-0.25, -0.2) is 0 Å². The van der Waals surface area contributed by atoms with Crippen LogP contribution >= 0.6 is 0 Å². The number of nitrogens with one attached hydrogen (secondary N) is 1. The van der Waals surface area contributed by atoms with Gasteiger partial charge in [0.2, 0.25) is 0 Å². The molecule has 1 N–H and O–H groups in total. The van der Waals surface area contributed by atoms with Crippen LogP contribution in [0.25, 0.3) is 0 Å². The van der Waals surface area contributed by atoms with Gasteiger partial charge in [0, 0.05) is 18.2 Å². The maximum atomic E-state index is 5.69. The Morgan fingerprint density at radius 1 is 1.28 bits per heavy atom. The fourth-order valence-corrected chi connectivity index (χ4v) is 2.58. The second-order valence-corrected chi connectivity index (χ2v) is 4.94. The first-order chi connectivity index (χ1) is 8.81. The first kappa shape index (κ1) is 13.4. The summed E-state index contributed by atoms with van der Waals surface area (Å²) in [6.45, 7) is 6.02. The monoisotopic (exact) mass is 248 g/mol. The van der Waals surface area contributed by atoms with Crippen LogP contribution in [0.2, 0.25) is 0 Å². The molecular weight excluding hydrogens is 224 g/mol. The molecule has 1 fully saturated rings. The number of hydrogen-bond donors (Lipinski definition) is 1. The molecule has 1 aromatic rings. The van der Waals surface area contributed by atoms with Gasteiger partial charge < -0.3 is 10.1 Å². The highest BCUT2D eigenvalue weighted by molar-refractivity contribution is 5.33. The van der Waals surface area contributed by atoms with E-state index in [4.69, 9.17) is 4.74 Å². The Kier molecular flexibility index (Phi) is 5.02. The van der Waals surface area contributed by atoms with E-state index >= 15 is 0 Å². The average molecular weight is 248 g/mol. The molecule has 0 bridgehead atoms. The third-order valence-corrected chi connectivity index (χ3v) is 3.62. The summed E-state index contributed by atoms with van der Waals surface area (Å²) in [5, 5.41) is 3.41. The predicted octanol–water partition coefficient (Wildman–Crippen LogP) is 2.27. The van der Waals surface area contributed by atoms with Gasteiger partial charge in [-0.2, -0.15) is 0 Å². The van der Waals surface area contributed by atoms with E-state index in [0.717, 1.165) is 32.0 Å². The van der Waals surface area contributed by atoms with Gasteiger partial charge in [0.1, 0.15) is 5.75 Å². The summed E-state index contributed by atoms with van der Waals surface area (Å²) in [7, 11) is 2.22. The minimum Gasteiger partial charge on any atom is -0.494 e. The fourth-order valence-electron chi connectivity index (χ4n) is 2.58. The van der Waals surface area contributed by atoms with Crippen molar-refractivity contribution < 1.29 is 4.74 Å². The zero-order valence-electron chi connectivity index (χ0n) is 11.5. The molecule has 18 heavy (non-hydrogen) atoms. The maximum Gasteiger partial charge on any atom is 0.123 e. The van der Waals surface area contributed by atoms with Crippen LogP contribution in [0.1, 0.15) is 25.3 Å². The Morgan fingerprint density at radius 2 is 2.00 bits per heavy atom. The lowest BCUT2D eigenvalue weighted by Crippen LogP contribution is -2.40. The lowest BCUT2D eigenvalue weighted by molar-refractivity contribution is 0.189. The first-order valence-electron chi connectivity index (χ1n) is 6.93. The van der Waals surface area contributed by atoms with E-state index < -0.39 is 0 Å². The van der Waals surface area contributed by atoms with Crippen LogP contribution in [0.15, 0.2) is 24.3 Å². The van der Waals surface area contributed by atoms with Crippen molar-refractivity contribution in [2.75, 3.05) is 26.7 Å². The lowest BCUT2D eigenvalue weighted by Gasteiger charge is -2.32. The van der Waals surface area contributed by atoms with Crippen molar-refractivity contribution in [2.45, 2.75) is 32.4 Å². The highest BCUT2D eigenvalue weighted by atomic mass is 16.5. The Labute approximate surface area is 110 Å². The van der Waals surface area contributed by atoms with Crippen LogP contribution in [-0.2, 0) is 6.54 Å². The summed E-state index contributed by atoms with van der Waals surface area (Å²) in [6, 6.07) is 9.06. The Morgan fingerprint density at radius 3 is 2.72 bits per heavy atom. The van der Waals surface area contributed by atoms with Crippen LogP contribution in [0.3, 0.4) is 0 Å². The molecule has 0 aliphatic carbocycles. The number of para-hydroxylation sites is 1. The maximum absolute atomic E-state index is 5.69. The molecule has 0 radical (unpaired) electrons. The molecule has 0 saturated carbocycles. The topological polar surface area (TPSA) is 24.5 Å². The average Bonchev–Trinajstić information content (AvgIpc) is 2.42. The Hall–Kier alpha value is -1.06. The SMILES string of the molecule is CCOc1ccccc1CN(C)C1CCNCC1. The number of piperidine rings is 1. The van der Waals surface area contributed by atoms with E-state index in [1.165, 1.54) is 18.4 Å². The van der Waals surface area contributed by atoms with Crippen LogP contribution in [-0.4, -0.2) is 37.7 Å². The standard InChI is InChI=1S/C15H24N2O/c1-3-18-15-7-5-4-6-13(15)12-17(2)14-8-10-16-11-9-14/h4-7,14,16H,3,8-12H2,1-2H3. The Bertz CT molecular complexity index is 361. The van der Waals surface area contributed by atoms with Gasteiger partial charge in [0.05, 0.1) is 6.61 Å². The molecule has 3 nitrogen and oxygen atoms in total. The van der Waals surface area contributed by atoms with Gasteiger partial charge >= 0.3 is 0 Å². The van der Waals surface area contributed by atoms with E-state index in [0.29, 0.717) is 6.04 Å². The third-order valence-electron chi connectivity index (χ3n) is 3.62. The highest BCUT2D eigenvalue weighted by Gasteiger charge is 2.18. The molecule has 0 spiro atoms. The van der Waals surface area contributed by atoms with Gasteiger partial charge in [-0.3, -0.25) is 4.90 Å². The van der Waals surface area contributed by atoms with Crippen molar-refractivity contribution in [3.63, 3.8) is 0 Å². The van der Waals surface area contributed by atoms with Crippen molar-refractivity contribution >= 4 is 0 Å². The van der Waals surface area contributed by atoms with Crippen molar-refractivity contribution in [1.29, 1.82) is 0 Å². The molecule has 0 amide bonds. The number of nitrogens with zero attached hydrogens (tertiary/aromatic N) is 1. The van der Waals surface area contributed by atoms with Crippen molar-refractivity contribution in [3.8, 4) is 5.75 Å². The summed E-state index contributed by atoms with van der Waals surface area (Å²) < 4.78 is 5.69. The zero-order valence-corrected chi connectivity index (χ0v) is 11.5. The number of hydrogen-bond acceptors (Lipinski definition) is 3. The van der Waals surface area contributed by atoms with Gasteiger partial charge in [-0.1, -0.05) is 18.2 Å². The quantitative estimate of drug-likeness (QED) is 0.865.